The van der Waals surface area contributed by atoms with Crippen LogP contribution in [0.25, 0.3) is 0 Å². The van der Waals surface area contributed by atoms with Gasteiger partial charge in [-0.05, 0) is 25.5 Å². The van der Waals surface area contributed by atoms with Crippen molar-refractivity contribution in [3.63, 3.8) is 0 Å². The first-order chi connectivity index (χ1) is 5.83. The normalized spacial score (nSPS) is 9.83. The lowest BCUT2D eigenvalue weighted by molar-refractivity contribution is 0.834. The molecular weight excluding hydrogens is 146 g/mol. The minimum Gasteiger partial charge on any atom is -0.385 e. The summed E-state index contributed by atoms with van der Waals surface area (Å²) >= 11 is 0. The second-order valence-corrected chi connectivity index (χ2v) is 3.15. The standard InChI is InChI=1S/C11H17N/c1-3-4-9-12-11-7-5-10(2)6-8-11/h5-8,12H,3-4,9H2,1-2H3. The Bertz CT molecular complexity index is 213. The van der Waals surface area contributed by atoms with Crippen molar-refractivity contribution < 1.29 is 0 Å². The van der Waals surface area contributed by atoms with E-state index in [0.29, 0.717) is 0 Å². The van der Waals surface area contributed by atoms with Crippen LogP contribution in [0.2, 0.25) is 0 Å². The maximum Gasteiger partial charge on any atom is 0.0340 e. The summed E-state index contributed by atoms with van der Waals surface area (Å²) in [6, 6.07) is 8.53. The number of hydrogen-bond donors (Lipinski definition) is 1. The summed E-state index contributed by atoms with van der Waals surface area (Å²) in [5, 5.41) is 3.37. The maximum atomic E-state index is 3.37. The number of rotatable bonds is 4. The zero-order chi connectivity index (χ0) is 8.81. The molecule has 0 fully saturated rings. The molecule has 0 atom stereocenters. The Morgan fingerprint density at radius 2 is 1.83 bits per heavy atom. The van der Waals surface area contributed by atoms with Gasteiger partial charge in [0.15, 0.2) is 0 Å². The van der Waals surface area contributed by atoms with Gasteiger partial charge in [0.1, 0.15) is 0 Å². The van der Waals surface area contributed by atoms with Crippen molar-refractivity contribution in [2.75, 3.05) is 11.9 Å². The number of nitrogens with one attached hydrogen (secondary N) is 1. The van der Waals surface area contributed by atoms with Crippen molar-refractivity contribution in [1.29, 1.82) is 0 Å². The Morgan fingerprint density at radius 1 is 1.17 bits per heavy atom. The molecule has 0 aliphatic carbocycles. The van der Waals surface area contributed by atoms with Gasteiger partial charge in [0, 0.05) is 12.2 Å². The van der Waals surface area contributed by atoms with Crippen molar-refractivity contribution in [3.05, 3.63) is 29.8 Å². The SMILES string of the molecule is CCCCNc1ccc(C)cc1. The predicted molar refractivity (Wildman–Crippen MR) is 54.6 cm³/mol. The molecule has 0 bridgehead atoms. The monoisotopic (exact) mass is 163 g/mol. The fourth-order valence-electron chi connectivity index (χ4n) is 1.08. The van der Waals surface area contributed by atoms with Crippen LogP contribution in [0.1, 0.15) is 25.3 Å². The van der Waals surface area contributed by atoms with E-state index >= 15 is 0 Å². The highest BCUT2D eigenvalue weighted by atomic mass is 14.9. The first-order valence-corrected chi connectivity index (χ1v) is 4.63. The zero-order valence-corrected chi connectivity index (χ0v) is 7.93. The average molecular weight is 163 g/mol. The van der Waals surface area contributed by atoms with Gasteiger partial charge in [0.05, 0.1) is 0 Å². The summed E-state index contributed by atoms with van der Waals surface area (Å²) in [6.45, 7) is 5.40. The second kappa shape index (κ2) is 4.81. The van der Waals surface area contributed by atoms with Gasteiger partial charge >= 0.3 is 0 Å². The zero-order valence-electron chi connectivity index (χ0n) is 7.93. The largest absolute Gasteiger partial charge is 0.385 e. The van der Waals surface area contributed by atoms with E-state index in [2.05, 4.69) is 43.4 Å². The first-order valence-electron chi connectivity index (χ1n) is 4.63. The van der Waals surface area contributed by atoms with Crippen molar-refractivity contribution in [2.24, 2.45) is 0 Å². The summed E-state index contributed by atoms with van der Waals surface area (Å²) < 4.78 is 0. The van der Waals surface area contributed by atoms with Crippen LogP contribution < -0.4 is 5.32 Å². The second-order valence-electron chi connectivity index (χ2n) is 3.15. The fourth-order valence-corrected chi connectivity index (χ4v) is 1.08. The Morgan fingerprint density at radius 3 is 2.42 bits per heavy atom. The quantitative estimate of drug-likeness (QED) is 0.672. The van der Waals surface area contributed by atoms with Crippen LogP contribution in [0.15, 0.2) is 24.3 Å². The van der Waals surface area contributed by atoms with Crippen LogP contribution in [0, 0.1) is 6.92 Å². The number of aryl methyl sites for hydroxylation is 1. The molecule has 0 radical (unpaired) electrons. The van der Waals surface area contributed by atoms with E-state index in [0.717, 1.165) is 6.54 Å². The third-order valence-electron chi connectivity index (χ3n) is 1.91. The number of hydrogen-bond acceptors (Lipinski definition) is 1. The highest BCUT2D eigenvalue weighted by Crippen LogP contribution is 2.08. The topological polar surface area (TPSA) is 12.0 Å². The van der Waals surface area contributed by atoms with Crippen LogP contribution in [-0.4, -0.2) is 6.54 Å². The molecule has 0 saturated carbocycles. The Balaban J connectivity index is 2.37. The molecule has 1 rings (SSSR count). The summed E-state index contributed by atoms with van der Waals surface area (Å²) in [4.78, 5) is 0. The van der Waals surface area contributed by atoms with Crippen molar-refractivity contribution in [3.8, 4) is 0 Å². The Kier molecular flexibility index (Phi) is 3.65. The molecule has 0 aliphatic rings. The lowest BCUT2D eigenvalue weighted by atomic mass is 10.2. The van der Waals surface area contributed by atoms with E-state index in [-0.39, 0.29) is 0 Å². The molecular formula is C11H17N. The van der Waals surface area contributed by atoms with E-state index in [1.165, 1.54) is 24.1 Å². The molecule has 0 saturated heterocycles. The third-order valence-corrected chi connectivity index (χ3v) is 1.91. The van der Waals surface area contributed by atoms with Crippen LogP contribution in [0.3, 0.4) is 0 Å². The van der Waals surface area contributed by atoms with E-state index in [9.17, 15) is 0 Å². The smallest absolute Gasteiger partial charge is 0.0340 e. The van der Waals surface area contributed by atoms with Gasteiger partial charge in [0.25, 0.3) is 0 Å². The van der Waals surface area contributed by atoms with E-state index < -0.39 is 0 Å². The predicted octanol–water partition coefficient (Wildman–Crippen LogP) is 3.21. The molecule has 1 nitrogen and oxygen atoms in total. The van der Waals surface area contributed by atoms with Gasteiger partial charge in [-0.1, -0.05) is 31.0 Å². The van der Waals surface area contributed by atoms with Crippen LogP contribution >= 0.6 is 0 Å². The molecule has 0 unspecified atom stereocenters. The highest BCUT2D eigenvalue weighted by Gasteiger charge is 1.89. The molecule has 66 valence electrons. The fraction of sp³-hybridized carbons (Fsp3) is 0.455. The lowest BCUT2D eigenvalue weighted by Crippen LogP contribution is -2.00. The van der Waals surface area contributed by atoms with Gasteiger partial charge < -0.3 is 5.32 Å². The molecule has 0 heterocycles. The van der Waals surface area contributed by atoms with Crippen LogP contribution in [-0.2, 0) is 0 Å². The number of unbranched alkanes of at least 4 members (excludes halogenated alkanes) is 1. The van der Waals surface area contributed by atoms with Gasteiger partial charge in [-0.2, -0.15) is 0 Å². The molecule has 0 amide bonds. The van der Waals surface area contributed by atoms with E-state index in [1.54, 1.807) is 0 Å². The third kappa shape index (κ3) is 2.95. The minimum atomic E-state index is 1.08. The summed E-state index contributed by atoms with van der Waals surface area (Å²) in [5.74, 6) is 0. The van der Waals surface area contributed by atoms with Gasteiger partial charge in [-0.3, -0.25) is 0 Å². The van der Waals surface area contributed by atoms with Gasteiger partial charge in [-0.25, -0.2) is 0 Å². The summed E-state index contributed by atoms with van der Waals surface area (Å²) in [7, 11) is 0. The first kappa shape index (κ1) is 9.11. The van der Waals surface area contributed by atoms with Crippen molar-refractivity contribution in [1.82, 2.24) is 0 Å². The number of benzene rings is 1. The highest BCUT2D eigenvalue weighted by molar-refractivity contribution is 5.44. The Labute approximate surface area is 74.8 Å². The Hall–Kier alpha value is -0.980. The minimum absolute atomic E-state index is 1.08. The average Bonchev–Trinajstić information content (AvgIpc) is 2.09. The number of anilines is 1. The lowest BCUT2D eigenvalue weighted by Gasteiger charge is -2.04. The van der Waals surface area contributed by atoms with Crippen LogP contribution in [0.4, 0.5) is 5.69 Å². The molecule has 1 aromatic rings. The van der Waals surface area contributed by atoms with E-state index in [1.807, 2.05) is 0 Å². The molecule has 1 N–H and O–H groups in total. The molecule has 1 aromatic carbocycles. The molecule has 0 spiro atoms. The van der Waals surface area contributed by atoms with Crippen LogP contribution in [0.5, 0.6) is 0 Å². The molecule has 0 aliphatic heterocycles. The maximum absolute atomic E-state index is 3.37. The summed E-state index contributed by atoms with van der Waals surface area (Å²) in [5.41, 5.74) is 2.55. The van der Waals surface area contributed by atoms with E-state index in [4.69, 9.17) is 0 Å². The van der Waals surface area contributed by atoms with Crippen molar-refractivity contribution >= 4 is 5.69 Å². The van der Waals surface area contributed by atoms with Gasteiger partial charge in [0.2, 0.25) is 0 Å². The molecule has 0 aromatic heterocycles. The molecule has 1 heteroatoms. The van der Waals surface area contributed by atoms with Crippen molar-refractivity contribution in [2.45, 2.75) is 26.7 Å². The van der Waals surface area contributed by atoms with Gasteiger partial charge in [-0.15, -0.1) is 0 Å². The summed E-state index contributed by atoms with van der Waals surface area (Å²) in [6.07, 6.45) is 2.49. The molecule has 12 heavy (non-hydrogen) atoms.